The van der Waals surface area contributed by atoms with Gasteiger partial charge in [0.25, 0.3) is 0 Å². The van der Waals surface area contributed by atoms with E-state index < -0.39 is 17.8 Å². The summed E-state index contributed by atoms with van der Waals surface area (Å²) in [6, 6.07) is -0.423. The minimum absolute atomic E-state index is 0.200. The van der Waals surface area contributed by atoms with Crippen LogP contribution in [0, 0.1) is 11.8 Å². The van der Waals surface area contributed by atoms with E-state index in [9.17, 15) is 18.0 Å². The van der Waals surface area contributed by atoms with Gasteiger partial charge in [-0.3, -0.25) is 0 Å². The normalized spacial score (nSPS) is 23.5. The SMILES string of the molecule is CNCC1CCC(CNC(=O)NC2=C=CC=C(C(F)(F)F)C=C2)CC1. The molecule has 0 unspecified atom stereocenters. The highest BCUT2D eigenvalue weighted by atomic mass is 19.4. The Bertz CT molecular complexity index is 593. The van der Waals surface area contributed by atoms with E-state index in [1.165, 1.54) is 6.08 Å². The van der Waals surface area contributed by atoms with E-state index in [0.29, 0.717) is 18.4 Å². The average molecular weight is 355 g/mol. The summed E-state index contributed by atoms with van der Waals surface area (Å²) in [5.74, 6) is 1.16. The zero-order valence-electron chi connectivity index (χ0n) is 14.2. The molecule has 0 aromatic rings. The highest BCUT2D eigenvalue weighted by Crippen LogP contribution is 2.28. The molecule has 0 saturated heterocycles. The molecule has 7 heteroatoms. The average Bonchev–Trinajstić information content (AvgIpc) is 2.80. The van der Waals surface area contributed by atoms with Gasteiger partial charge in [0, 0.05) is 6.54 Å². The lowest BCUT2D eigenvalue weighted by molar-refractivity contribution is -0.0881. The Morgan fingerprint density at radius 1 is 1.16 bits per heavy atom. The minimum atomic E-state index is -4.42. The van der Waals surface area contributed by atoms with E-state index in [1.54, 1.807) is 0 Å². The van der Waals surface area contributed by atoms with E-state index in [-0.39, 0.29) is 5.70 Å². The maximum absolute atomic E-state index is 12.6. The van der Waals surface area contributed by atoms with Crippen molar-refractivity contribution in [1.29, 1.82) is 0 Å². The van der Waals surface area contributed by atoms with Crippen LogP contribution in [0.2, 0.25) is 0 Å². The first-order valence-electron chi connectivity index (χ1n) is 8.50. The van der Waals surface area contributed by atoms with Crippen LogP contribution in [-0.4, -0.2) is 32.3 Å². The zero-order chi connectivity index (χ0) is 18.3. The molecule has 138 valence electrons. The Hall–Kier alpha value is -1.98. The summed E-state index contributed by atoms with van der Waals surface area (Å²) in [5, 5.41) is 8.51. The van der Waals surface area contributed by atoms with Gasteiger partial charge >= 0.3 is 12.2 Å². The van der Waals surface area contributed by atoms with Crippen molar-refractivity contribution in [3.8, 4) is 0 Å². The maximum atomic E-state index is 12.6. The number of allylic oxidation sites excluding steroid dienone is 4. The fraction of sp³-hybridized carbons (Fsp3) is 0.556. The second-order valence-electron chi connectivity index (χ2n) is 6.46. The first kappa shape index (κ1) is 19.3. The number of hydrogen-bond acceptors (Lipinski definition) is 2. The molecule has 1 fully saturated rings. The molecule has 0 aliphatic heterocycles. The minimum Gasteiger partial charge on any atom is -0.338 e. The number of carbonyl (C=O) groups is 1. The van der Waals surface area contributed by atoms with Crippen molar-refractivity contribution in [2.45, 2.75) is 31.9 Å². The number of carbonyl (C=O) groups excluding carboxylic acids is 1. The van der Waals surface area contributed by atoms with Crippen molar-refractivity contribution >= 4 is 6.03 Å². The molecule has 2 aliphatic carbocycles. The van der Waals surface area contributed by atoms with Gasteiger partial charge in [0.1, 0.15) is 0 Å². The largest absolute Gasteiger partial charge is 0.416 e. The summed E-state index contributed by atoms with van der Waals surface area (Å²) in [6.07, 6.45) is 4.24. The number of rotatable bonds is 5. The predicted octanol–water partition coefficient (Wildman–Crippen LogP) is 3.41. The molecule has 2 amide bonds. The number of amides is 2. The lowest BCUT2D eigenvalue weighted by Crippen LogP contribution is -2.38. The van der Waals surface area contributed by atoms with Gasteiger partial charge in [-0.1, -0.05) is 5.73 Å². The lowest BCUT2D eigenvalue weighted by atomic mass is 9.82. The van der Waals surface area contributed by atoms with Gasteiger partial charge in [0.05, 0.1) is 11.3 Å². The molecule has 3 N–H and O–H groups in total. The third-order valence-electron chi connectivity index (χ3n) is 4.52. The molecule has 0 bridgehead atoms. The summed E-state index contributed by atoms with van der Waals surface area (Å²) >= 11 is 0. The van der Waals surface area contributed by atoms with Crippen LogP contribution in [0.1, 0.15) is 25.7 Å². The van der Waals surface area contributed by atoms with Crippen LogP contribution in [0.4, 0.5) is 18.0 Å². The highest BCUT2D eigenvalue weighted by molar-refractivity contribution is 5.76. The summed E-state index contributed by atoms with van der Waals surface area (Å²) < 4.78 is 37.9. The zero-order valence-corrected chi connectivity index (χ0v) is 14.2. The van der Waals surface area contributed by atoms with Crippen molar-refractivity contribution in [3.05, 3.63) is 41.3 Å². The second-order valence-corrected chi connectivity index (χ2v) is 6.46. The molecule has 4 nitrogen and oxygen atoms in total. The number of nitrogens with one attached hydrogen (secondary N) is 3. The number of hydrogen-bond donors (Lipinski definition) is 3. The van der Waals surface area contributed by atoms with Crippen molar-refractivity contribution in [2.75, 3.05) is 20.1 Å². The van der Waals surface area contributed by atoms with E-state index >= 15 is 0 Å². The Balaban J connectivity index is 1.74. The fourth-order valence-corrected chi connectivity index (χ4v) is 3.10. The summed E-state index contributed by atoms with van der Waals surface area (Å²) in [4.78, 5) is 11.9. The molecule has 0 heterocycles. The van der Waals surface area contributed by atoms with Crippen LogP contribution >= 0.6 is 0 Å². The molecule has 2 aliphatic rings. The van der Waals surface area contributed by atoms with Crippen molar-refractivity contribution in [1.82, 2.24) is 16.0 Å². The standard InChI is InChI=1S/C18H24F3N3O/c1-22-11-13-5-7-14(8-6-13)12-23-17(25)24-16-4-2-3-15(9-10-16)18(19,20)21/h2-3,9-10,13-14,22H,5-8,11-12H2,1H3,(H2,23,24,25). The van der Waals surface area contributed by atoms with Gasteiger partial charge in [0.2, 0.25) is 0 Å². The first-order chi connectivity index (χ1) is 11.9. The van der Waals surface area contributed by atoms with Crippen LogP contribution in [0.3, 0.4) is 0 Å². The molecule has 2 rings (SSSR count). The van der Waals surface area contributed by atoms with Gasteiger partial charge in [-0.25, -0.2) is 4.79 Å². The van der Waals surface area contributed by atoms with Gasteiger partial charge < -0.3 is 16.0 Å². The van der Waals surface area contributed by atoms with Crippen LogP contribution < -0.4 is 16.0 Å². The Morgan fingerprint density at radius 3 is 2.40 bits per heavy atom. The Labute approximate surface area is 145 Å². The highest BCUT2D eigenvalue weighted by Gasteiger charge is 2.31. The number of halogens is 3. The molecule has 0 atom stereocenters. The van der Waals surface area contributed by atoms with Crippen molar-refractivity contribution in [2.24, 2.45) is 11.8 Å². The summed E-state index contributed by atoms with van der Waals surface area (Å²) in [5.41, 5.74) is 2.04. The Morgan fingerprint density at radius 2 is 1.80 bits per heavy atom. The topological polar surface area (TPSA) is 53.2 Å². The summed E-state index contributed by atoms with van der Waals surface area (Å²) in [6.45, 7) is 1.60. The van der Waals surface area contributed by atoms with Crippen LogP contribution in [0.15, 0.2) is 41.3 Å². The first-order valence-corrected chi connectivity index (χ1v) is 8.50. The van der Waals surface area contributed by atoms with Gasteiger partial charge in [-0.2, -0.15) is 13.2 Å². The van der Waals surface area contributed by atoms with Gasteiger partial charge in [0.15, 0.2) is 0 Å². The quantitative estimate of drug-likeness (QED) is 0.662. The van der Waals surface area contributed by atoms with E-state index in [0.717, 1.165) is 50.5 Å². The molecule has 0 aromatic heterocycles. The summed E-state index contributed by atoms with van der Waals surface area (Å²) in [7, 11) is 1.95. The third kappa shape index (κ3) is 6.44. The Kier molecular flexibility index (Phi) is 6.91. The molecular formula is C18H24F3N3O. The molecule has 25 heavy (non-hydrogen) atoms. The number of urea groups is 1. The molecule has 1 saturated carbocycles. The smallest absolute Gasteiger partial charge is 0.338 e. The third-order valence-corrected chi connectivity index (χ3v) is 4.52. The molecular weight excluding hydrogens is 331 g/mol. The monoisotopic (exact) mass is 355 g/mol. The second kappa shape index (κ2) is 8.92. The maximum Gasteiger partial charge on any atom is 0.416 e. The predicted molar refractivity (Wildman–Crippen MR) is 90.8 cm³/mol. The van der Waals surface area contributed by atoms with Gasteiger partial charge in [-0.15, -0.1) is 0 Å². The van der Waals surface area contributed by atoms with E-state index in [4.69, 9.17) is 0 Å². The van der Waals surface area contributed by atoms with Gasteiger partial charge in [-0.05, 0) is 75.4 Å². The van der Waals surface area contributed by atoms with Crippen molar-refractivity contribution in [3.63, 3.8) is 0 Å². The molecule has 0 aromatic carbocycles. The van der Waals surface area contributed by atoms with E-state index in [2.05, 4.69) is 21.7 Å². The van der Waals surface area contributed by atoms with Crippen LogP contribution in [-0.2, 0) is 0 Å². The van der Waals surface area contributed by atoms with E-state index in [1.807, 2.05) is 7.05 Å². The van der Waals surface area contributed by atoms with Crippen LogP contribution in [0.25, 0.3) is 0 Å². The van der Waals surface area contributed by atoms with Crippen molar-refractivity contribution < 1.29 is 18.0 Å². The van der Waals surface area contributed by atoms with Crippen LogP contribution in [0.5, 0.6) is 0 Å². The molecule has 0 spiro atoms. The lowest BCUT2D eigenvalue weighted by Gasteiger charge is -2.28. The molecule has 0 radical (unpaired) electrons. The number of alkyl halides is 3. The fourth-order valence-electron chi connectivity index (χ4n) is 3.10.